The quantitative estimate of drug-likeness (QED) is 0.715. The summed E-state index contributed by atoms with van der Waals surface area (Å²) >= 11 is 0. The van der Waals surface area contributed by atoms with Gasteiger partial charge in [0.1, 0.15) is 17.1 Å². The Hall–Kier alpha value is -2.24. The molecule has 1 aromatic carbocycles. The lowest BCUT2D eigenvalue weighted by molar-refractivity contribution is -0.125. The Morgan fingerprint density at radius 2 is 1.95 bits per heavy atom. The highest BCUT2D eigenvalue weighted by molar-refractivity contribution is 5.99. The van der Waals surface area contributed by atoms with Crippen LogP contribution in [0.4, 0.5) is 0 Å². The number of benzene rings is 1. The lowest BCUT2D eigenvalue weighted by atomic mass is 9.85. The highest BCUT2D eigenvalue weighted by atomic mass is 16.3. The van der Waals surface area contributed by atoms with E-state index in [2.05, 4.69) is 5.32 Å². The van der Waals surface area contributed by atoms with Gasteiger partial charge in [-0.05, 0) is 30.9 Å². The van der Waals surface area contributed by atoms with Crippen LogP contribution in [0.3, 0.4) is 0 Å². The normalized spacial score (nSPS) is 25.1. The van der Waals surface area contributed by atoms with Gasteiger partial charge in [-0.15, -0.1) is 0 Å². The molecule has 3 N–H and O–H groups in total. The fourth-order valence-electron chi connectivity index (χ4n) is 3.20. The standard InChI is InChI=1S/C15H18N2O4/c18-11-2-1-3-12(19)14(11)15(21)17-7-6-10-9(8-17)4-5-13(20)16-10/h1-3,9-10,18-19H,4-8H2,(H,16,20). The van der Waals surface area contributed by atoms with Crippen LogP contribution in [0.25, 0.3) is 0 Å². The third-order valence-electron chi connectivity index (χ3n) is 4.34. The molecule has 0 spiro atoms. The molecule has 0 aliphatic carbocycles. The molecule has 112 valence electrons. The monoisotopic (exact) mass is 290 g/mol. The van der Waals surface area contributed by atoms with E-state index in [1.165, 1.54) is 18.2 Å². The fraction of sp³-hybridized carbons (Fsp3) is 0.467. The molecule has 1 aromatic rings. The summed E-state index contributed by atoms with van der Waals surface area (Å²) in [6, 6.07) is 4.40. The van der Waals surface area contributed by atoms with Crippen LogP contribution in [-0.4, -0.2) is 46.1 Å². The van der Waals surface area contributed by atoms with Gasteiger partial charge in [-0.1, -0.05) is 6.07 Å². The lowest BCUT2D eigenvalue weighted by Gasteiger charge is -2.41. The van der Waals surface area contributed by atoms with E-state index in [4.69, 9.17) is 0 Å². The fourth-order valence-corrected chi connectivity index (χ4v) is 3.20. The molecule has 2 atom stereocenters. The highest BCUT2D eigenvalue weighted by Gasteiger charge is 2.36. The molecule has 2 aliphatic heterocycles. The smallest absolute Gasteiger partial charge is 0.261 e. The minimum atomic E-state index is -0.360. The van der Waals surface area contributed by atoms with Gasteiger partial charge >= 0.3 is 0 Å². The Balaban J connectivity index is 1.76. The third kappa shape index (κ3) is 2.53. The summed E-state index contributed by atoms with van der Waals surface area (Å²) in [5.74, 6) is -0.457. The van der Waals surface area contributed by atoms with E-state index in [0.717, 1.165) is 6.42 Å². The first kappa shape index (κ1) is 13.7. The second-order valence-corrected chi connectivity index (χ2v) is 5.68. The number of nitrogens with zero attached hydrogens (tertiary/aromatic N) is 1. The van der Waals surface area contributed by atoms with Crippen molar-refractivity contribution in [2.75, 3.05) is 13.1 Å². The van der Waals surface area contributed by atoms with E-state index in [1.807, 2.05) is 0 Å². The molecule has 0 radical (unpaired) electrons. The third-order valence-corrected chi connectivity index (χ3v) is 4.34. The molecule has 21 heavy (non-hydrogen) atoms. The first-order valence-electron chi connectivity index (χ1n) is 7.16. The lowest BCUT2D eigenvalue weighted by Crippen LogP contribution is -2.55. The van der Waals surface area contributed by atoms with Crippen molar-refractivity contribution in [3.8, 4) is 11.5 Å². The summed E-state index contributed by atoms with van der Waals surface area (Å²) < 4.78 is 0. The Bertz CT molecular complexity index is 567. The minimum absolute atomic E-state index is 0.0456. The van der Waals surface area contributed by atoms with E-state index >= 15 is 0 Å². The molecule has 6 nitrogen and oxygen atoms in total. The number of hydrogen-bond acceptors (Lipinski definition) is 4. The number of phenols is 2. The van der Waals surface area contributed by atoms with Crippen LogP contribution < -0.4 is 5.32 Å². The number of fused-ring (bicyclic) bond motifs is 1. The molecule has 0 saturated carbocycles. The molecule has 2 aliphatic rings. The van der Waals surface area contributed by atoms with Gasteiger partial charge in [0.05, 0.1) is 0 Å². The molecule has 0 aromatic heterocycles. The number of aromatic hydroxyl groups is 2. The van der Waals surface area contributed by atoms with Crippen LogP contribution in [0.15, 0.2) is 18.2 Å². The number of carbonyl (C=O) groups excluding carboxylic acids is 2. The van der Waals surface area contributed by atoms with Gasteiger partial charge < -0.3 is 20.4 Å². The van der Waals surface area contributed by atoms with Crippen LogP contribution in [0.2, 0.25) is 0 Å². The summed E-state index contributed by atoms with van der Waals surface area (Å²) in [7, 11) is 0. The molecule has 3 rings (SSSR count). The summed E-state index contributed by atoms with van der Waals surface area (Å²) in [5.41, 5.74) is -0.0456. The van der Waals surface area contributed by atoms with Gasteiger partial charge in [0, 0.05) is 25.6 Å². The van der Waals surface area contributed by atoms with Gasteiger partial charge in [0.15, 0.2) is 0 Å². The second kappa shape index (κ2) is 5.27. The number of rotatable bonds is 1. The van der Waals surface area contributed by atoms with E-state index in [1.54, 1.807) is 4.90 Å². The molecule has 2 saturated heterocycles. The van der Waals surface area contributed by atoms with Crippen molar-refractivity contribution in [2.45, 2.75) is 25.3 Å². The minimum Gasteiger partial charge on any atom is -0.507 e. The van der Waals surface area contributed by atoms with Crippen molar-refractivity contribution in [3.05, 3.63) is 23.8 Å². The van der Waals surface area contributed by atoms with E-state index in [-0.39, 0.29) is 40.8 Å². The number of nitrogens with one attached hydrogen (secondary N) is 1. The Kier molecular flexibility index (Phi) is 3.45. The van der Waals surface area contributed by atoms with Crippen molar-refractivity contribution in [1.82, 2.24) is 10.2 Å². The molecular weight excluding hydrogens is 272 g/mol. The average Bonchev–Trinajstić information content (AvgIpc) is 2.46. The number of phenolic OH excluding ortho intramolecular Hbond substituents is 2. The summed E-state index contributed by atoms with van der Waals surface area (Å²) in [4.78, 5) is 25.5. The van der Waals surface area contributed by atoms with Crippen LogP contribution in [-0.2, 0) is 4.79 Å². The SMILES string of the molecule is O=C1CCC2CN(C(=O)c3c(O)cccc3O)CCC2N1. The van der Waals surface area contributed by atoms with Gasteiger partial charge in [-0.2, -0.15) is 0 Å². The number of piperidine rings is 2. The van der Waals surface area contributed by atoms with Crippen molar-refractivity contribution in [1.29, 1.82) is 0 Å². The van der Waals surface area contributed by atoms with Gasteiger partial charge in [0.25, 0.3) is 5.91 Å². The first-order valence-corrected chi connectivity index (χ1v) is 7.16. The second-order valence-electron chi connectivity index (χ2n) is 5.68. The molecule has 0 bridgehead atoms. The van der Waals surface area contributed by atoms with Gasteiger partial charge in [-0.3, -0.25) is 9.59 Å². The largest absolute Gasteiger partial charge is 0.507 e. The zero-order valence-electron chi connectivity index (χ0n) is 11.6. The van der Waals surface area contributed by atoms with Crippen LogP contribution >= 0.6 is 0 Å². The predicted molar refractivity (Wildman–Crippen MR) is 74.9 cm³/mol. The topological polar surface area (TPSA) is 89.9 Å². The maximum absolute atomic E-state index is 12.5. The van der Waals surface area contributed by atoms with E-state index in [9.17, 15) is 19.8 Å². The van der Waals surface area contributed by atoms with Gasteiger partial charge in [0.2, 0.25) is 5.91 Å². The number of hydrogen-bond donors (Lipinski definition) is 3. The van der Waals surface area contributed by atoms with Crippen LogP contribution in [0, 0.1) is 5.92 Å². The van der Waals surface area contributed by atoms with Crippen molar-refractivity contribution >= 4 is 11.8 Å². The average molecular weight is 290 g/mol. The number of carbonyl (C=O) groups is 2. The van der Waals surface area contributed by atoms with Crippen LogP contribution in [0.1, 0.15) is 29.6 Å². The molecular formula is C15H18N2O4. The zero-order chi connectivity index (χ0) is 15.0. The summed E-state index contributed by atoms with van der Waals surface area (Å²) in [6.07, 6.45) is 1.97. The molecule has 2 amide bonds. The Morgan fingerprint density at radius 3 is 2.67 bits per heavy atom. The van der Waals surface area contributed by atoms with Crippen molar-refractivity contribution in [3.63, 3.8) is 0 Å². The van der Waals surface area contributed by atoms with Crippen molar-refractivity contribution < 1.29 is 19.8 Å². The van der Waals surface area contributed by atoms with E-state index < -0.39 is 0 Å². The van der Waals surface area contributed by atoms with E-state index in [0.29, 0.717) is 25.9 Å². The van der Waals surface area contributed by atoms with Crippen LogP contribution in [0.5, 0.6) is 11.5 Å². The summed E-state index contributed by atoms with van der Waals surface area (Å²) in [6.45, 7) is 1.05. The maximum atomic E-state index is 12.5. The Morgan fingerprint density at radius 1 is 1.24 bits per heavy atom. The molecule has 6 heteroatoms. The Labute approximate surface area is 122 Å². The first-order chi connectivity index (χ1) is 10.1. The zero-order valence-corrected chi connectivity index (χ0v) is 11.6. The molecule has 2 unspecified atom stereocenters. The van der Waals surface area contributed by atoms with Crippen molar-refractivity contribution in [2.24, 2.45) is 5.92 Å². The molecule has 2 heterocycles. The summed E-state index contributed by atoms with van der Waals surface area (Å²) in [5, 5.41) is 22.6. The maximum Gasteiger partial charge on any atom is 0.261 e. The molecule has 2 fully saturated rings. The number of likely N-dealkylation sites (tertiary alicyclic amines) is 1. The van der Waals surface area contributed by atoms with Gasteiger partial charge in [-0.25, -0.2) is 0 Å². The predicted octanol–water partition coefficient (Wildman–Crippen LogP) is 0.839. The number of amides is 2. The highest BCUT2D eigenvalue weighted by Crippen LogP contribution is 2.31.